The van der Waals surface area contributed by atoms with Crippen molar-refractivity contribution in [2.24, 2.45) is 0 Å². The van der Waals surface area contributed by atoms with Crippen LogP contribution in [-0.4, -0.2) is 37.2 Å². The van der Waals surface area contributed by atoms with Crippen LogP contribution in [0.15, 0.2) is 122 Å². The lowest BCUT2D eigenvalue weighted by atomic mass is 10.1. The van der Waals surface area contributed by atoms with Crippen molar-refractivity contribution in [1.82, 2.24) is 0 Å². The van der Waals surface area contributed by atoms with Crippen molar-refractivity contribution >= 4 is 17.9 Å². The Hall–Kier alpha value is -4.19. The van der Waals surface area contributed by atoms with E-state index in [1.165, 1.54) is 96.3 Å². The number of hydrogen-bond acceptors (Lipinski definition) is 6. The zero-order chi connectivity index (χ0) is 54.3. The molecule has 0 N–H and O–H groups in total. The molecule has 0 aliphatic heterocycles. The zero-order valence-electron chi connectivity index (χ0n) is 48.8. The van der Waals surface area contributed by atoms with Gasteiger partial charge in [-0.1, -0.05) is 251 Å². The van der Waals surface area contributed by atoms with Crippen molar-refractivity contribution in [2.75, 3.05) is 13.2 Å². The van der Waals surface area contributed by atoms with Gasteiger partial charge in [-0.05, 0) is 128 Å². The van der Waals surface area contributed by atoms with Crippen molar-refractivity contribution in [2.45, 2.75) is 284 Å². The summed E-state index contributed by atoms with van der Waals surface area (Å²) in [6.07, 6.45) is 86.3. The van der Waals surface area contributed by atoms with E-state index in [1.807, 2.05) is 0 Å². The van der Waals surface area contributed by atoms with Gasteiger partial charge in [-0.3, -0.25) is 14.4 Å². The molecular formula is C69H114O6. The molecule has 75 heavy (non-hydrogen) atoms. The molecule has 0 aliphatic carbocycles. The Morgan fingerprint density at radius 3 is 0.880 bits per heavy atom. The SMILES string of the molecule is CC/C=C\C/C=C\C/C=C\C/C=C\C/C=C\C/C=C\C/C=C\C/C=C\CCCCCCC(=O)OCC(COC(=O)CCCCCCC/C=C\CCC)OC(=O)CCCCCCCCC/C=C\CCCCCCCCC. The first kappa shape index (κ1) is 70.8. The molecule has 0 spiro atoms. The average molecular weight is 1040 g/mol. The molecule has 0 bridgehead atoms. The van der Waals surface area contributed by atoms with Gasteiger partial charge in [-0.15, -0.1) is 0 Å². The largest absolute Gasteiger partial charge is 0.462 e. The molecule has 0 aromatic rings. The molecule has 6 nitrogen and oxygen atoms in total. The summed E-state index contributed by atoms with van der Waals surface area (Å²) in [5.74, 6) is -0.933. The standard InChI is InChI=1S/C69H114O6/c1-4-7-10-13-16-19-22-24-26-28-30-31-32-33-34-35-36-37-38-39-40-42-43-45-47-50-53-56-59-62-68(71)74-65-66(64-73-67(70)61-58-55-52-49-21-18-15-12-9-6-3)75-69(72)63-60-57-54-51-48-46-44-41-29-27-25-23-20-17-14-11-8-5-2/h7,10,12,15-16,19,24,26-27,29-31,33-34,36-37,39-40,43,45,66H,4-6,8-9,11,13-14,17-18,20-23,25,28,32,35,38,41-42,44,46-65H2,1-3H3/b10-7-,15-12-,19-16-,26-24-,29-27-,31-30-,34-33-,37-36-,40-39-,45-43-. The minimum Gasteiger partial charge on any atom is -0.462 e. The summed E-state index contributed by atoms with van der Waals surface area (Å²) in [4.78, 5) is 38.2. The molecule has 0 aromatic heterocycles. The second-order valence-electron chi connectivity index (χ2n) is 20.2. The highest BCUT2D eigenvalue weighted by molar-refractivity contribution is 5.71. The van der Waals surface area contributed by atoms with E-state index in [9.17, 15) is 14.4 Å². The summed E-state index contributed by atoms with van der Waals surface area (Å²) in [7, 11) is 0. The predicted octanol–water partition coefficient (Wildman–Crippen LogP) is 21.2. The highest BCUT2D eigenvalue weighted by Crippen LogP contribution is 2.15. The van der Waals surface area contributed by atoms with Gasteiger partial charge in [0.05, 0.1) is 0 Å². The molecule has 6 heteroatoms. The van der Waals surface area contributed by atoms with Gasteiger partial charge in [0.15, 0.2) is 6.10 Å². The molecule has 0 saturated heterocycles. The lowest BCUT2D eigenvalue weighted by Crippen LogP contribution is -2.30. The Bertz CT molecular complexity index is 1570. The molecule has 0 rings (SSSR count). The summed E-state index contributed by atoms with van der Waals surface area (Å²) in [6, 6.07) is 0. The van der Waals surface area contributed by atoms with Crippen molar-refractivity contribution in [3.8, 4) is 0 Å². The predicted molar refractivity (Wildman–Crippen MR) is 325 cm³/mol. The number of esters is 3. The van der Waals surface area contributed by atoms with E-state index in [-0.39, 0.29) is 31.1 Å². The van der Waals surface area contributed by atoms with E-state index >= 15 is 0 Å². The van der Waals surface area contributed by atoms with E-state index in [2.05, 4.69) is 142 Å². The third-order valence-electron chi connectivity index (χ3n) is 12.9. The van der Waals surface area contributed by atoms with E-state index in [0.29, 0.717) is 19.3 Å². The molecule has 1 atom stereocenters. The maximum absolute atomic E-state index is 12.9. The van der Waals surface area contributed by atoms with Crippen molar-refractivity contribution in [1.29, 1.82) is 0 Å². The van der Waals surface area contributed by atoms with E-state index in [0.717, 1.165) is 141 Å². The summed E-state index contributed by atoms with van der Waals surface area (Å²) < 4.78 is 16.8. The number of ether oxygens (including phenoxy) is 3. The molecule has 0 heterocycles. The van der Waals surface area contributed by atoms with Crippen LogP contribution in [0.25, 0.3) is 0 Å². The molecule has 0 saturated carbocycles. The maximum Gasteiger partial charge on any atom is 0.306 e. The maximum atomic E-state index is 12.9. The molecule has 0 radical (unpaired) electrons. The van der Waals surface area contributed by atoms with E-state index < -0.39 is 6.10 Å². The second kappa shape index (κ2) is 62.4. The van der Waals surface area contributed by atoms with Gasteiger partial charge in [0, 0.05) is 19.3 Å². The second-order valence-corrected chi connectivity index (χ2v) is 20.2. The van der Waals surface area contributed by atoms with Crippen LogP contribution in [0.4, 0.5) is 0 Å². The lowest BCUT2D eigenvalue weighted by Gasteiger charge is -2.18. The van der Waals surface area contributed by atoms with Gasteiger partial charge in [0.2, 0.25) is 0 Å². The minimum absolute atomic E-state index is 0.0942. The fourth-order valence-electron chi connectivity index (χ4n) is 8.28. The van der Waals surface area contributed by atoms with Gasteiger partial charge >= 0.3 is 17.9 Å². The van der Waals surface area contributed by atoms with Crippen molar-refractivity contribution in [3.63, 3.8) is 0 Å². The summed E-state index contributed by atoms with van der Waals surface area (Å²) >= 11 is 0. The summed E-state index contributed by atoms with van der Waals surface area (Å²) in [6.45, 7) is 6.43. The zero-order valence-corrected chi connectivity index (χ0v) is 48.8. The van der Waals surface area contributed by atoms with Crippen LogP contribution in [0.2, 0.25) is 0 Å². The third kappa shape index (κ3) is 60.6. The first-order chi connectivity index (χ1) is 37.0. The van der Waals surface area contributed by atoms with Gasteiger partial charge in [-0.25, -0.2) is 0 Å². The average Bonchev–Trinajstić information content (AvgIpc) is 3.41. The molecular weight excluding hydrogens is 925 g/mol. The van der Waals surface area contributed by atoms with E-state index in [1.54, 1.807) is 0 Å². The van der Waals surface area contributed by atoms with Gasteiger partial charge in [0.1, 0.15) is 13.2 Å². The minimum atomic E-state index is -0.797. The topological polar surface area (TPSA) is 78.9 Å². The van der Waals surface area contributed by atoms with Gasteiger partial charge < -0.3 is 14.2 Å². The van der Waals surface area contributed by atoms with Crippen LogP contribution in [0.3, 0.4) is 0 Å². The Balaban J connectivity index is 4.33. The van der Waals surface area contributed by atoms with Crippen LogP contribution >= 0.6 is 0 Å². The number of unbranched alkanes of at least 4 members (excludes halogenated alkanes) is 24. The molecule has 426 valence electrons. The van der Waals surface area contributed by atoms with Crippen LogP contribution in [-0.2, 0) is 28.6 Å². The Morgan fingerprint density at radius 1 is 0.280 bits per heavy atom. The van der Waals surface area contributed by atoms with Crippen molar-refractivity contribution in [3.05, 3.63) is 122 Å². The van der Waals surface area contributed by atoms with Crippen LogP contribution in [0.1, 0.15) is 278 Å². The first-order valence-corrected chi connectivity index (χ1v) is 31.0. The Kier molecular flexibility index (Phi) is 58.9. The van der Waals surface area contributed by atoms with Crippen molar-refractivity contribution < 1.29 is 28.6 Å². The number of carbonyl (C=O) groups is 3. The monoisotopic (exact) mass is 1040 g/mol. The normalized spacial score (nSPS) is 12.9. The molecule has 0 aromatic carbocycles. The Morgan fingerprint density at radius 2 is 0.547 bits per heavy atom. The number of rotatable bonds is 55. The fraction of sp³-hybridized carbons (Fsp3) is 0.667. The third-order valence-corrected chi connectivity index (χ3v) is 12.9. The molecule has 0 aliphatic rings. The quantitative estimate of drug-likeness (QED) is 0.0261. The molecule has 0 fully saturated rings. The summed E-state index contributed by atoms with van der Waals surface area (Å²) in [5, 5.41) is 0. The number of carbonyl (C=O) groups excluding carboxylic acids is 3. The van der Waals surface area contributed by atoms with Crippen LogP contribution in [0, 0.1) is 0 Å². The summed E-state index contributed by atoms with van der Waals surface area (Å²) in [5.41, 5.74) is 0. The smallest absolute Gasteiger partial charge is 0.306 e. The van der Waals surface area contributed by atoms with Crippen LogP contribution < -0.4 is 0 Å². The van der Waals surface area contributed by atoms with Gasteiger partial charge in [-0.2, -0.15) is 0 Å². The molecule has 0 amide bonds. The lowest BCUT2D eigenvalue weighted by molar-refractivity contribution is -0.167. The number of hydrogen-bond donors (Lipinski definition) is 0. The Labute approximate surface area is 462 Å². The highest BCUT2D eigenvalue weighted by atomic mass is 16.6. The fourth-order valence-corrected chi connectivity index (χ4v) is 8.28. The van der Waals surface area contributed by atoms with Crippen LogP contribution in [0.5, 0.6) is 0 Å². The first-order valence-electron chi connectivity index (χ1n) is 31.0. The number of allylic oxidation sites excluding steroid dienone is 20. The van der Waals surface area contributed by atoms with E-state index in [4.69, 9.17) is 14.2 Å². The van der Waals surface area contributed by atoms with Gasteiger partial charge in [0.25, 0.3) is 0 Å². The highest BCUT2D eigenvalue weighted by Gasteiger charge is 2.19. The molecule has 1 unspecified atom stereocenters.